The summed E-state index contributed by atoms with van der Waals surface area (Å²) in [5.41, 5.74) is 0.346. The van der Waals surface area contributed by atoms with Crippen molar-refractivity contribution >= 4 is 62.4 Å². The molecule has 0 spiro atoms. The Labute approximate surface area is 253 Å². The minimum absolute atomic E-state index is 0.00111. The van der Waals surface area contributed by atoms with E-state index in [0.717, 1.165) is 11.0 Å². The molecule has 42 heavy (non-hydrogen) atoms. The molecule has 2 unspecified atom stereocenters. The van der Waals surface area contributed by atoms with Crippen LogP contribution in [-0.4, -0.2) is 62.6 Å². The Kier molecular flexibility index (Phi) is 11.4. The number of aromatic hydroxyl groups is 1. The Morgan fingerprint density at radius 3 is 2.17 bits per heavy atom. The van der Waals surface area contributed by atoms with Gasteiger partial charge in [0.05, 0.1) is 33.5 Å². The molecule has 10 nitrogen and oxygen atoms in total. The molecule has 0 bridgehead atoms. The maximum atomic E-state index is 13.2. The van der Waals surface area contributed by atoms with Gasteiger partial charge in [-0.15, -0.1) is 11.8 Å². The van der Waals surface area contributed by atoms with Gasteiger partial charge >= 0.3 is 5.97 Å². The van der Waals surface area contributed by atoms with Crippen LogP contribution in [-0.2, 0) is 24.1 Å². The fourth-order valence-corrected chi connectivity index (χ4v) is 6.16. The van der Waals surface area contributed by atoms with Crippen LogP contribution in [0.15, 0.2) is 70.5 Å². The van der Waals surface area contributed by atoms with Gasteiger partial charge in [0.25, 0.3) is 5.91 Å². The van der Waals surface area contributed by atoms with E-state index >= 15 is 0 Å². The Bertz CT molecular complexity index is 1550. The fraction of sp³-hybridized carbons (Fsp3) is 0.276. The van der Waals surface area contributed by atoms with Gasteiger partial charge in [-0.3, -0.25) is 9.59 Å². The van der Waals surface area contributed by atoms with Crippen molar-refractivity contribution in [3.05, 3.63) is 76.8 Å². The Morgan fingerprint density at radius 1 is 0.976 bits per heavy atom. The number of halogens is 1. The molecule has 0 aliphatic heterocycles. The summed E-state index contributed by atoms with van der Waals surface area (Å²) in [7, 11) is -2.51. The summed E-state index contributed by atoms with van der Waals surface area (Å²) in [6.45, 7) is 3.51. The van der Waals surface area contributed by atoms with Gasteiger partial charge in [0.15, 0.2) is 9.84 Å². The first kappa shape index (κ1) is 32.9. The lowest BCUT2D eigenvalue weighted by Gasteiger charge is -2.18. The smallest absolute Gasteiger partial charge is 0.338 e. The van der Waals surface area contributed by atoms with Crippen molar-refractivity contribution in [1.29, 1.82) is 0 Å². The van der Waals surface area contributed by atoms with Gasteiger partial charge in [-0.2, -0.15) is 0 Å². The van der Waals surface area contributed by atoms with Crippen LogP contribution in [0.2, 0.25) is 5.02 Å². The predicted molar refractivity (Wildman–Crippen MR) is 162 cm³/mol. The molecule has 0 aliphatic carbocycles. The van der Waals surface area contributed by atoms with Gasteiger partial charge in [0.1, 0.15) is 17.1 Å². The molecule has 13 heteroatoms. The topological polar surface area (TPSA) is 148 Å². The van der Waals surface area contributed by atoms with Gasteiger partial charge in [-0.1, -0.05) is 18.5 Å². The number of phenols is 1. The molecule has 3 N–H and O–H groups in total. The third kappa shape index (κ3) is 8.03. The summed E-state index contributed by atoms with van der Waals surface area (Å²) in [4.78, 5) is 38.9. The van der Waals surface area contributed by atoms with Crippen LogP contribution in [0.4, 0.5) is 11.4 Å². The van der Waals surface area contributed by atoms with E-state index in [2.05, 4.69) is 10.6 Å². The van der Waals surface area contributed by atoms with Gasteiger partial charge in [-0.05, 0) is 74.2 Å². The van der Waals surface area contributed by atoms with Crippen molar-refractivity contribution in [1.82, 2.24) is 0 Å². The highest BCUT2D eigenvalue weighted by Gasteiger charge is 2.33. The summed E-state index contributed by atoms with van der Waals surface area (Å²) in [6.07, 6.45) is 1.42. The highest BCUT2D eigenvalue weighted by atomic mass is 35.5. The monoisotopic (exact) mass is 634 g/mol. The van der Waals surface area contributed by atoms with E-state index in [-0.39, 0.29) is 45.4 Å². The first-order chi connectivity index (χ1) is 19.9. The second-order valence-electron chi connectivity index (χ2n) is 9.16. The third-order valence-electron chi connectivity index (χ3n) is 6.11. The van der Waals surface area contributed by atoms with Crippen LogP contribution < -0.4 is 10.6 Å². The largest absolute Gasteiger partial charge is 0.506 e. The van der Waals surface area contributed by atoms with E-state index in [1.807, 2.05) is 6.26 Å². The molecule has 3 aromatic carbocycles. The van der Waals surface area contributed by atoms with Gasteiger partial charge < -0.3 is 25.2 Å². The maximum absolute atomic E-state index is 13.2. The van der Waals surface area contributed by atoms with Crippen LogP contribution in [0.3, 0.4) is 0 Å². The molecule has 0 aromatic heterocycles. The zero-order chi connectivity index (χ0) is 31.0. The molecule has 3 aromatic rings. The highest BCUT2D eigenvalue weighted by Crippen LogP contribution is 2.35. The number of benzene rings is 3. The van der Waals surface area contributed by atoms with E-state index in [4.69, 9.17) is 21.1 Å². The number of sulfone groups is 1. The van der Waals surface area contributed by atoms with E-state index in [1.165, 1.54) is 61.3 Å². The van der Waals surface area contributed by atoms with E-state index in [9.17, 15) is 27.9 Å². The molecule has 2 amide bonds. The number of carbonyl (C=O) groups excluding carboxylic acids is 3. The number of hydrogen-bond acceptors (Lipinski definition) is 9. The molecule has 0 saturated carbocycles. The zero-order valence-electron chi connectivity index (χ0n) is 23.3. The second-order valence-corrected chi connectivity index (χ2v) is 12.6. The van der Waals surface area contributed by atoms with E-state index < -0.39 is 44.7 Å². The number of amides is 2. The van der Waals surface area contributed by atoms with Gasteiger partial charge in [-0.25, -0.2) is 13.2 Å². The number of nitrogens with one attached hydrogen (secondary N) is 2. The fourth-order valence-electron chi connectivity index (χ4n) is 3.92. The van der Waals surface area contributed by atoms with Crippen LogP contribution in [0.5, 0.6) is 5.75 Å². The molecule has 0 radical (unpaired) electrons. The molecular weight excluding hydrogens is 604 g/mol. The summed E-state index contributed by atoms with van der Waals surface area (Å²) in [5.74, 6) is -2.41. The molecule has 0 heterocycles. The predicted octanol–water partition coefficient (Wildman–Crippen LogP) is 5.40. The molecule has 224 valence electrons. The molecule has 0 aliphatic rings. The van der Waals surface area contributed by atoms with Crippen LogP contribution >= 0.6 is 23.4 Å². The summed E-state index contributed by atoms with van der Waals surface area (Å²) in [6, 6.07) is 14.3. The molecule has 2 atom stereocenters. The van der Waals surface area contributed by atoms with Crippen molar-refractivity contribution in [2.24, 2.45) is 0 Å². The average molecular weight is 635 g/mol. The average Bonchev–Trinajstić information content (AvgIpc) is 2.96. The maximum Gasteiger partial charge on any atom is 0.338 e. The van der Waals surface area contributed by atoms with Crippen molar-refractivity contribution < 1.29 is 37.4 Å². The lowest BCUT2D eigenvalue weighted by molar-refractivity contribution is -0.115. The first-order valence-corrected chi connectivity index (χ1v) is 15.9. The van der Waals surface area contributed by atoms with Gasteiger partial charge in [0.2, 0.25) is 5.91 Å². The summed E-state index contributed by atoms with van der Waals surface area (Å²) in [5, 5.41) is 14.1. The first-order valence-electron chi connectivity index (χ1n) is 12.7. The number of esters is 1. The number of carbonyl (C=O) groups is 3. The quantitative estimate of drug-likeness (QED) is 0.135. The van der Waals surface area contributed by atoms with Crippen LogP contribution in [0.25, 0.3) is 0 Å². The van der Waals surface area contributed by atoms with Crippen molar-refractivity contribution in [2.45, 2.75) is 41.4 Å². The molecule has 3 rings (SSSR count). The Morgan fingerprint density at radius 2 is 1.60 bits per heavy atom. The molecule has 0 saturated heterocycles. The SMILES string of the molecule is CCC(C(=O)Nc1cc(O)c(NC(=O)c2ccc(C(=O)OC(C)COC)cc2)cc1Cl)S(=O)(=O)c1ccc(SC)cc1. The summed E-state index contributed by atoms with van der Waals surface area (Å²) < 4.78 is 36.5. The Balaban J connectivity index is 1.71. The summed E-state index contributed by atoms with van der Waals surface area (Å²) >= 11 is 7.78. The normalized spacial score (nSPS) is 12.7. The number of phenolic OH excluding ortho intramolecular Hbond substituents is 1. The number of hydrogen-bond donors (Lipinski definition) is 3. The minimum atomic E-state index is -4.01. The number of methoxy groups -OCH3 is 1. The number of thioether (sulfide) groups is 1. The zero-order valence-corrected chi connectivity index (χ0v) is 25.7. The van der Waals surface area contributed by atoms with Crippen molar-refractivity contribution in [2.75, 3.05) is 30.6 Å². The number of anilines is 2. The number of ether oxygens (including phenoxy) is 2. The van der Waals surface area contributed by atoms with Gasteiger partial charge in [0, 0.05) is 23.6 Å². The van der Waals surface area contributed by atoms with Crippen molar-refractivity contribution in [3.63, 3.8) is 0 Å². The van der Waals surface area contributed by atoms with E-state index in [1.54, 1.807) is 26.0 Å². The number of rotatable bonds is 12. The Hall–Kier alpha value is -3.58. The van der Waals surface area contributed by atoms with Crippen molar-refractivity contribution in [3.8, 4) is 5.75 Å². The minimum Gasteiger partial charge on any atom is -0.506 e. The van der Waals surface area contributed by atoms with E-state index in [0.29, 0.717) is 0 Å². The molecular formula is C29H31ClN2O8S2. The lowest BCUT2D eigenvalue weighted by atomic mass is 10.1. The van der Waals surface area contributed by atoms with Crippen LogP contribution in [0, 0.1) is 0 Å². The third-order valence-corrected chi connectivity index (χ3v) is 9.39. The highest BCUT2D eigenvalue weighted by molar-refractivity contribution is 7.98. The second kappa shape index (κ2) is 14.5. The lowest BCUT2D eigenvalue weighted by Crippen LogP contribution is -2.34. The molecule has 0 fully saturated rings. The van der Waals surface area contributed by atoms with Crippen LogP contribution in [0.1, 0.15) is 41.0 Å². The standard InChI is InChI=1S/C29H31ClN2O8S2/c1-5-26(42(37,38)21-12-10-20(41-4)11-13-21)28(35)31-23-15-25(33)24(14-22(23)30)32-27(34)18-6-8-19(9-7-18)29(36)40-17(2)16-39-3/h6-15,17,26,33H,5,16H2,1-4H3,(H,31,35)(H,32,34).